The first kappa shape index (κ1) is 23.3. The van der Waals surface area contributed by atoms with Crippen molar-refractivity contribution in [2.75, 3.05) is 16.0 Å². The largest absolute Gasteiger partial charge is 0.392 e. The lowest BCUT2D eigenvalue weighted by atomic mass is 10.1. The van der Waals surface area contributed by atoms with E-state index in [1.807, 2.05) is 47.1 Å². The number of nitrogens with one attached hydrogen (secondary N) is 3. The van der Waals surface area contributed by atoms with Gasteiger partial charge in [-0.3, -0.25) is 4.98 Å². The van der Waals surface area contributed by atoms with Crippen molar-refractivity contribution in [3.8, 4) is 11.3 Å². The minimum atomic E-state index is -0.419. The van der Waals surface area contributed by atoms with Gasteiger partial charge in [0.25, 0.3) is 0 Å². The fourth-order valence-electron chi connectivity index (χ4n) is 3.68. The van der Waals surface area contributed by atoms with E-state index in [0.29, 0.717) is 45.7 Å². The summed E-state index contributed by atoms with van der Waals surface area (Å²) in [5.74, 6) is 0.647. The Bertz CT molecular complexity index is 1520. The van der Waals surface area contributed by atoms with Crippen LogP contribution in [-0.2, 0) is 13.2 Å². The lowest BCUT2D eigenvalue weighted by Gasteiger charge is -2.12. The van der Waals surface area contributed by atoms with Gasteiger partial charge in [0.1, 0.15) is 0 Å². The van der Waals surface area contributed by atoms with Gasteiger partial charge in [-0.15, -0.1) is 0 Å². The van der Waals surface area contributed by atoms with Crippen LogP contribution in [0.15, 0.2) is 85.6 Å². The molecule has 2 aromatic carbocycles. The Balaban J connectivity index is 1.34. The summed E-state index contributed by atoms with van der Waals surface area (Å²) in [4.78, 5) is 25.8. The number of hydrogen-bond acceptors (Lipinski definition) is 6. The van der Waals surface area contributed by atoms with Crippen LogP contribution in [0.25, 0.3) is 16.9 Å². The van der Waals surface area contributed by atoms with E-state index in [2.05, 4.69) is 25.9 Å². The standard InChI is InChI=1S/C26H22ClN7O2/c27-22-13-21(5-4-19(22)16-35)32-26(36)31-20-3-1-2-18(12-20)23-15-34-11-10-29-25(34)24(33-23)30-14-17-6-8-28-9-7-17/h1-13,15,35H,14,16H2,(H,30,33)(H2,31,32,36). The van der Waals surface area contributed by atoms with E-state index in [-0.39, 0.29) is 6.61 Å². The summed E-state index contributed by atoms with van der Waals surface area (Å²) in [6.45, 7) is 0.407. The number of pyridine rings is 1. The van der Waals surface area contributed by atoms with E-state index in [1.165, 1.54) is 0 Å². The zero-order valence-corrected chi connectivity index (χ0v) is 19.8. The zero-order chi connectivity index (χ0) is 24.9. The number of amides is 2. The number of rotatable bonds is 7. The highest BCUT2D eigenvalue weighted by Gasteiger charge is 2.11. The smallest absolute Gasteiger partial charge is 0.323 e. The predicted octanol–water partition coefficient (Wildman–Crippen LogP) is 5.19. The number of aliphatic hydroxyl groups excluding tert-OH is 1. The second-order valence-corrected chi connectivity index (χ2v) is 8.37. The van der Waals surface area contributed by atoms with Crippen molar-refractivity contribution < 1.29 is 9.90 Å². The number of fused-ring (bicyclic) bond motifs is 1. The summed E-state index contributed by atoms with van der Waals surface area (Å²) in [5.41, 5.74) is 5.04. The number of benzene rings is 2. The van der Waals surface area contributed by atoms with Gasteiger partial charge >= 0.3 is 6.03 Å². The molecular weight excluding hydrogens is 478 g/mol. The second kappa shape index (κ2) is 10.4. The summed E-state index contributed by atoms with van der Waals surface area (Å²) >= 11 is 6.11. The van der Waals surface area contributed by atoms with Crippen LogP contribution < -0.4 is 16.0 Å². The van der Waals surface area contributed by atoms with Crippen molar-refractivity contribution in [3.63, 3.8) is 0 Å². The Hall–Kier alpha value is -4.47. The Morgan fingerprint density at radius 1 is 1.00 bits per heavy atom. The van der Waals surface area contributed by atoms with Gasteiger partial charge in [0.15, 0.2) is 11.5 Å². The normalized spacial score (nSPS) is 10.8. The first-order valence-electron chi connectivity index (χ1n) is 11.1. The van der Waals surface area contributed by atoms with Crippen molar-refractivity contribution in [2.24, 2.45) is 0 Å². The lowest BCUT2D eigenvalue weighted by Crippen LogP contribution is -2.19. The number of aliphatic hydroxyl groups is 1. The number of hydrogen-bond donors (Lipinski definition) is 4. The third kappa shape index (κ3) is 5.27. The Labute approximate surface area is 211 Å². The summed E-state index contributed by atoms with van der Waals surface area (Å²) in [5, 5.41) is 18.6. The molecule has 9 nitrogen and oxygen atoms in total. The molecule has 0 bridgehead atoms. The van der Waals surface area contributed by atoms with Crippen LogP contribution in [0.4, 0.5) is 22.0 Å². The number of imidazole rings is 1. The van der Waals surface area contributed by atoms with Gasteiger partial charge < -0.3 is 25.5 Å². The van der Waals surface area contributed by atoms with Crippen molar-refractivity contribution in [1.82, 2.24) is 19.4 Å². The monoisotopic (exact) mass is 499 g/mol. The van der Waals surface area contributed by atoms with Gasteiger partial charge in [0.2, 0.25) is 0 Å². The molecule has 10 heteroatoms. The first-order chi connectivity index (χ1) is 17.6. The maximum atomic E-state index is 12.6. The number of carbonyl (C=O) groups is 1. The van der Waals surface area contributed by atoms with Gasteiger partial charge in [0, 0.05) is 59.5 Å². The van der Waals surface area contributed by atoms with E-state index < -0.39 is 6.03 Å². The zero-order valence-electron chi connectivity index (χ0n) is 19.0. The molecule has 3 heterocycles. The molecule has 36 heavy (non-hydrogen) atoms. The summed E-state index contributed by atoms with van der Waals surface area (Å²) in [6.07, 6.45) is 8.98. The van der Waals surface area contributed by atoms with Gasteiger partial charge in [-0.25, -0.2) is 14.8 Å². The molecule has 0 saturated carbocycles. The molecule has 0 unspecified atom stereocenters. The minimum absolute atomic E-state index is 0.169. The summed E-state index contributed by atoms with van der Waals surface area (Å²) < 4.78 is 1.91. The predicted molar refractivity (Wildman–Crippen MR) is 140 cm³/mol. The molecule has 5 aromatic rings. The molecule has 0 saturated heterocycles. The number of halogens is 1. The Morgan fingerprint density at radius 2 is 1.81 bits per heavy atom. The van der Waals surface area contributed by atoms with E-state index in [0.717, 1.165) is 11.1 Å². The maximum absolute atomic E-state index is 12.6. The van der Waals surface area contributed by atoms with Crippen LogP contribution in [0.3, 0.4) is 0 Å². The average Bonchev–Trinajstić information content (AvgIpc) is 3.37. The number of carbonyl (C=O) groups excluding carboxylic acids is 1. The third-order valence-electron chi connectivity index (χ3n) is 5.48. The summed E-state index contributed by atoms with van der Waals surface area (Å²) in [7, 11) is 0. The maximum Gasteiger partial charge on any atom is 0.323 e. The molecule has 0 aliphatic carbocycles. The van der Waals surface area contributed by atoms with Crippen molar-refractivity contribution in [3.05, 3.63) is 102 Å². The molecule has 2 amide bonds. The fraction of sp³-hybridized carbons (Fsp3) is 0.0769. The molecule has 0 fully saturated rings. The molecule has 3 aromatic heterocycles. The van der Waals surface area contributed by atoms with Crippen LogP contribution >= 0.6 is 11.6 Å². The van der Waals surface area contributed by atoms with Crippen molar-refractivity contribution in [2.45, 2.75) is 13.2 Å². The highest BCUT2D eigenvalue weighted by atomic mass is 35.5. The Morgan fingerprint density at radius 3 is 2.58 bits per heavy atom. The van der Waals surface area contributed by atoms with E-state index >= 15 is 0 Å². The molecule has 0 aliphatic rings. The van der Waals surface area contributed by atoms with Gasteiger partial charge in [-0.1, -0.05) is 29.8 Å². The topological polar surface area (TPSA) is 116 Å². The fourth-order valence-corrected chi connectivity index (χ4v) is 3.92. The third-order valence-corrected chi connectivity index (χ3v) is 5.83. The van der Waals surface area contributed by atoms with Crippen molar-refractivity contribution >= 4 is 40.5 Å². The average molecular weight is 500 g/mol. The highest BCUT2D eigenvalue weighted by molar-refractivity contribution is 6.31. The van der Waals surface area contributed by atoms with E-state index in [4.69, 9.17) is 16.6 Å². The molecule has 0 radical (unpaired) electrons. The SMILES string of the molecule is O=C(Nc1cccc(-c2cn3ccnc3c(NCc3ccncc3)n2)c1)Nc1ccc(CO)c(Cl)c1. The number of aromatic nitrogens is 4. The first-order valence-corrected chi connectivity index (χ1v) is 11.5. The van der Waals surface area contributed by atoms with Crippen LogP contribution in [-0.4, -0.2) is 30.5 Å². The molecular formula is C26H22ClN7O2. The van der Waals surface area contributed by atoms with E-state index in [1.54, 1.807) is 42.9 Å². The van der Waals surface area contributed by atoms with Crippen LogP contribution in [0.5, 0.6) is 0 Å². The quantitative estimate of drug-likeness (QED) is 0.245. The molecule has 180 valence electrons. The number of nitrogens with zero attached hydrogens (tertiary/aromatic N) is 4. The van der Waals surface area contributed by atoms with Crippen LogP contribution in [0.1, 0.15) is 11.1 Å². The molecule has 0 spiro atoms. The van der Waals surface area contributed by atoms with Crippen LogP contribution in [0, 0.1) is 0 Å². The van der Waals surface area contributed by atoms with E-state index in [9.17, 15) is 9.90 Å². The van der Waals surface area contributed by atoms with Gasteiger partial charge in [-0.2, -0.15) is 0 Å². The van der Waals surface area contributed by atoms with Gasteiger partial charge in [0.05, 0.1) is 12.3 Å². The second-order valence-electron chi connectivity index (χ2n) is 7.97. The lowest BCUT2D eigenvalue weighted by molar-refractivity contribution is 0.262. The van der Waals surface area contributed by atoms with Crippen LogP contribution in [0.2, 0.25) is 5.02 Å². The minimum Gasteiger partial charge on any atom is -0.392 e. The highest BCUT2D eigenvalue weighted by Crippen LogP contribution is 2.25. The number of anilines is 3. The Kier molecular flexibility index (Phi) is 6.74. The molecule has 4 N–H and O–H groups in total. The molecule has 0 atom stereocenters. The summed E-state index contributed by atoms with van der Waals surface area (Å²) in [6, 6.07) is 15.8. The number of urea groups is 1. The van der Waals surface area contributed by atoms with Gasteiger partial charge in [-0.05, 0) is 47.5 Å². The molecule has 5 rings (SSSR count). The molecule has 0 aliphatic heterocycles. The van der Waals surface area contributed by atoms with Crippen molar-refractivity contribution in [1.29, 1.82) is 0 Å².